The lowest BCUT2D eigenvalue weighted by Crippen LogP contribution is -2.31. The molecule has 0 bridgehead atoms. The molecule has 0 saturated carbocycles. The smallest absolute Gasteiger partial charge is 0.261 e. The van der Waals surface area contributed by atoms with E-state index < -0.39 is 10.0 Å². The zero-order chi connectivity index (χ0) is 23.1. The second-order valence-electron chi connectivity index (χ2n) is 6.91. The molecule has 0 unspecified atom stereocenters. The number of hydrogen-bond acceptors (Lipinski definition) is 5. The molecule has 0 saturated heterocycles. The molecule has 0 heterocycles. The lowest BCUT2D eigenvalue weighted by molar-refractivity contribution is -0.123. The Hall–Kier alpha value is -3.23. The molecule has 1 amide bonds. The second kappa shape index (κ2) is 10.4. The van der Waals surface area contributed by atoms with E-state index in [1.54, 1.807) is 37.4 Å². The van der Waals surface area contributed by atoms with Gasteiger partial charge in [0.15, 0.2) is 6.61 Å². The van der Waals surface area contributed by atoms with Crippen LogP contribution < -0.4 is 19.5 Å². The van der Waals surface area contributed by atoms with Gasteiger partial charge in [-0.05, 0) is 55.0 Å². The Kier molecular flexibility index (Phi) is 7.61. The van der Waals surface area contributed by atoms with Crippen molar-refractivity contribution in [3.63, 3.8) is 0 Å². The number of para-hydroxylation sites is 1. The molecule has 0 fully saturated rings. The fourth-order valence-corrected chi connectivity index (χ4v) is 4.27. The Morgan fingerprint density at radius 3 is 2.34 bits per heavy atom. The number of hydrogen-bond donors (Lipinski definition) is 2. The van der Waals surface area contributed by atoms with Crippen LogP contribution in [-0.4, -0.2) is 28.0 Å². The van der Waals surface area contributed by atoms with Crippen molar-refractivity contribution in [3.8, 4) is 11.5 Å². The first kappa shape index (κ1) is 23.4. The van der Waals surface area contributed by atoms with Gasteiger partial charge < -0.3 is 14.8 Å². The minimum absolute atomic E-state index is 0.0173. The molecule has 3 aromatic rings. The SMILES string of the molecule is COc1ccc([C@@H](C)NC(=O)COc2ccc(S(=O)(=O)Nc3ccccc3)cc2Cl)cc1. The molecular formula is C23H23ClN2O5S. The van der Waals surface area contributed by atoms with Gasteiger partial charge in [-0.2, -0.15) is 0 Å². The van der Waals surface area contributed by atoms with E-state index in [2.05, 4.69) is 10.0 Å². The predicted octanol–water partition coefficient (Wildman–Crippen LogP) is 4.41. The number of amides is 1. The third-order valence-electron chi connectivity index (χ3n) is 4.59. The van der Waals surface area contributed by atoms with Gasteiger partial charge in [0, 0.05) is 5.69 Å². The predicted molar refractivity (Wildman–Crippen MR) is 124 cm³/mol. The van der Waals surface area contributed by atoms with Crippen LogP contribution in [0.3, 0.4) is 0 Å². The van der Waals surface area contributed by atoms with Crippen LogP contribution >= 0.6 is 11.6 Å². The molecule has 0 aliphatic rings. The van der Waals surface area contributed by atoms with Gasteiger partial charge in [-0.15, -0.1) is 0 Å². The number of halogens is 1. The number of methoxy groups -OCH3 is 1. The summed E-state index contributed by atoms with van der Waals surface area (Å²) in [6.45, 7) is 1.58. The highest BCUT2D eigenvalue weighted by molar-refractivity contribution is 7.92. The highest BCUT2D eigenvalue weighted by atomic mass is 35.5. The molecular weight excluding hydrogens is 452 g/mol. The average molecular weight is 475 g/mol. The van der Waals surface area contributed by atoms with E-state index >= 15 is 0 Å². The van der Waals surface area contributed by atoms with Gasteiger partial charge in [-0.3, -0.25) is 9.52 Å². The Labute approximate surface area is 192 Å². The number of carbonyl (C=O) groups is 1. The van der Waals surface area contributed by atoms with Crippen molar-refractivity contribution in [1.82, 2.24) is 5.32 Å². The molecule has 9 heteroatoms. The molecule has 0 radical (unpaired) electrons. The van der Waals surface area contributed by atoms with Gasteiger partial charge in [0.05, 0.1) is 23.1 Å². The lowest BCUT2D eigenvalue weighted by atomic mass is 10.1. The molecule has 1 atom stereocenters. The van der Waals surface area contributed by atoms with Crippen LogP contribution in [0.25, 0.3) is 0 Å². The number of rotatable bonds is 9. The highest BCUT2D eigenvalue weighted by Gasteiger charge is 2.17. The van der Waals surface area contributed by atoms with Gasteiger partial charge in [0.25, 0.3) is 15.9 Å². The van der Waals surface area contributed by atoms with Crippen molar-refractivity contribution in [2.45, 2.75) is 17.9 Å². The number of ether oxygens (including phenoxy) is 2. The monoisotopic (exact) mass is 474 g/mol. The zero-order valence-corrected chi connectivity index (χ0v) is 19.1. The van der Waals surface area contributed by atoms with Crippen molar-refractivity contribution in [1.29, 1.82) is 0 Å². The van der Waals surface area contributed by atoms with Gasteiger partial charge in [0.1, 0.15) is 11.5 Å². The Balaban J connectivity index is 1.58. The standard InChI is InChI=1S/C23H23ClN2O5S/c1-16(17-8-10-19(30-2)11-9-17)25-23(27)15-31-22-13-12-20(14-21(22)24)32(28,29)26-18-6-4-3-5-7-18/h3-14,16,26H,15H2,1-2H3,(H,25,27)/t16-/m1/s1. The first-order valence-electron chi connectivity index (χ1n) is 9.72. The van der Waals surface area contributed by atoms with Gasteiger partial charge >= 0.3 is 0 Å². The van der Waals surface area contributed by atoms with Crippen molar-refractivity contribution in [2.24, 2.45) is 0 Å². The fraction of sp³-hybridized carbons (Fsp3) is 0.174. The van der Waals surface area contributed by atoms with Crippen LogP contribution in [0.5, 0.6) is 11.5 Å². The molecule has 0 aromatic heterocycles. The van der Waals surface area contributed by atoms with Crippen molar-refractivity contribution >= 4 is 33.2 Å². The van der Waals surface area contributed by atoms with Gasteiger partial charge in [-0.25, -0.2) is 8.42 Å². The molecule has 3 aromatic carbocycles. The summed E-state index contributed by atoms with van der Waals surface area (Å²) in [5, 5.41) is 2.91. The van der Waals surface area contributed by atoms with Crippen LogP contribution in [0.15, 0.2) is 77.7 Å². The van der Waals surface area contributed by atoms with E-state index in [0.717, 1.165) is 11.3 Å². The quantitative estimate of drug-likeness (QED) is 0.479. The van der Waals surface area contributed by atoms with E-state index in [0.29, 0.717) is 5.69 Å². The van der Waals surface area contributed by atoms with Crippen molar-refractivity contribution in [2.75, 3.05) is 18.4 Å². The number of carbonyl (C=O) groups excluding carboxylic acids is 1. The fourth-order valence-electron chi connectivity index (χ4n) is 2.89. The summed E-state index contributed by atoms with van der Waals surface area (Å²) < 4.78 is 38.2. The summed E-state index contributed by atoms with van der Waals surface area (Å²) in [5.74, 6) is 0.596. The third kappa shape index (κ3) is 6.15. The van der Waals surface area contributed by atoms with Crippen molar-refractivity contribution in [3.05, 3.63) is 83.4 Å². The molecule has 7 nitrogen and oxygen atoms in total. The van der Waals surface area contributed by atoms with E-state index in [1.165, 1.54) is 18.2 Å². The van der Waals surface area contributed by atoms with Crippen LogP contribution in [0.2, 0.25) is 5.02 Å². The van der Waals surface area contributed by atoms with E-state index in [1.807, 2.05) is 31.2 Å². The van der Waals surface area contributed by atoms with Gasteiger partial charge in [-0.1, -0.05) is 41.9 Å². The zero-order valence-electron chi connectivity index (χ0n) is 17.5. The number of benzene rings is 3. The maximum absolute atomic E-state index is 12.5. The Bertz CT molecular complexity index is 1170. The summed E-state index contributed by atoms with van der Waals surface area (Å²) in [6, 6.07) is 19.7. The number of anilines is 1. The normalized spacial score (nSPS) is 12.0. The Morgan fingerprint density at radius 2 is 1.72 bits per heavy atom. The summed E-state index contributed by atoms with van der Waals surface area (Å²) in [6.07, 6.45) is 0. The maximum Gasteiger partial charge on any atom is 0.261 e. The lowest BCUT2D eigenvalue weighted by Gasteiger charge is -2.16. The van der Waals surface area contributed by atoms with Crippen LogP contribution in [-0.2, 0) is 14.8 Å². The molecule has 0 spiro atoms. The summed E-state index contributed by atoms with van der Waals surface area (Å²) in [7, 11) is -2.23. The minimum Gasteiger partial charge on any atom is -0.497 e. The third-order valence-corrected chi connectivity index (χ3v) is 6.27. The molecule has 2 N–H and O–H groups in total. The largest absolute Gasteiger partial charge is 0.497 e. The first-order chi connectivity index (χ1) is 15.3. The molecule has 168 valence electrons. The van der Waals surface area contributed by atoms with Crippen LogP contribution in [0.4, 0.5) is 5.69 Å². The topological polar surface area (TPSA) is 93.7 Å². The number of nitrogens with one attached hydrogen (secondary N) is 2. The first-order valence-corrected chi connectivity index (χ1v) is 11.6. The molecule has 32 heavy (non-hydrogen) atoms. The van der Waals surface area contributed by atoms with E-state index in [4.69, 9.17) is 21.1 Å². The summed E-state index contributed by atoms with van der Waals surface area (Å²) >= 11 is 6.19. The minimum atomic E-state index is -3.81. The Morgan fingerprint density at radius 1 is 1.03 bits per heavy atom. The average Bonchev–Trinajstić information content (AvgIpc) is 2.78. The number of sulfonamides is 1. The molecule has 0 aliphatic carbocycles. The summed E-state index contributed by atoms with van der Waals surface area (Å²) in [4.78, 5) is 12.2. The second-order valence-corrected chi connectivity index (χ2v) is 9.00. The maximum atomic E-state index is 12.5. The molecule has 3 rings (SSSR count). The summed E-state index contributed by atoms with van der Waals surface area (Å²) in [5.41, 5.74) is 1.35. The van der Waals surface area contributed by atoms with E-state index in [9.17, 15) is 13.2 Å². The molecule has 0 aliphatic heterocycles. The van der Waals surface area contributed by atoms with Crippen LogP contribution in [0.1, 0.15) is 18.5 Å². The van der Waals surface area contributed by atoms with Gasteiger partial charge in [0.2, 0.25) is 0 Å². The van der Waals surface area contributed by atoms with Crippen molar-refractivity contribution < 1.29 is 22.7 Å². The van der Waals surface area contributed by atoms with Crippen LogP contribution in [0, 0.1) is 0 Å². The van der Waals surface area contributed by atoms with E-state index in [-0.39, 0.29) is 34.2 Å². The highest BCUT2D eigenvalue weighted by Crippen LogP contribution is 2.28.